The van der Waals surface area contributed by atoms with Crippen LogP contribution in [-0.4, -0.2) is 9.85 Å². The molecule has 0 aromatic heterocycles. The Labute approximate surface area is 202 Å². The number of hydrogen-bond donors (Lipinski definition) is 0. The van der Waals surface area contributed by atoms with Crippen molar-refractivity contribution in [3.63, 3.8) is 0 Å². The van der Waals surface area contributed by atoms with Gasteiger partial charge in [0.15, 0.2) is 0 Å². The van der Waals surface area contributed by atoms with Crippen LogP contribution < -0.4 is 10.4 Å². The molecule has 168 valence electrons. The highest BCUT2D eigenvalue weighted by molar-refractivity contribution is 5.94. The molecular formula is C26H10N6O4. The van der Waals surface area contributed by atoms with Crippen molar-refractivity contribution in [3.8, 4) is 34.4 Å². The van der Waals surface area contributed by atoms with Gasteiger partial charge in [0.05, 0.1) is 35.1 Å². The second-order valence-electron chi connectivity index (χ2n) is 8.15. The summed E-state index contributed by atoms with van der Waals surface area (Å²) < 4.78 is 0. The number of fused-ring (bicyclic) bond motifs is 6. The molecule has 10 heteroatoms. The Morgan fingerprint density at radius 1 is 0.778 bits per heavy atom. The SMILES string of the molecule is [C-]#[N+]C(C#N)=c1c2c(c(=C(C#N)[N+]#[C-])c3c1Cc1ccc([N+](=O)[O-])cc1-3)-c1cc([N+](=O)[O-])ccc1C2. The number of rotatable bonds is 2. The lowest BCUT2D eigenvalue weighted by molar-refractivity contribution is -0.385. The number of benzene rings is 3. The first-order chi connectivity index (χ1) is 17.3. The number of nitrogens with zero attached hydrogens (tertiary/aromatic N) is 6. The molecule has 0 heterocycles. The minimum absolute atomic E-state index is 0.193. The van der Waals surface area contributed by atoms with Gasteiger partial charge in [-0.2, -0.15) is 0 Å². The molecular weight excluding hydrogens is 460 g/mol. The van der Waals surface area contributed by atoms with E-state index in [0.29, 0.717) is 49.7 Å². The molecule has 5 rings (SSSR count). The third-order valence-electron chi connectivity index (χ3n) is 6.50. The molecule has 0 saturated carbocycles. The van der Waals surface area contributed by atoms with Crippen LogP contribution in [0.1, 0.15) is 22.3 Å². The highest BCUT2D eigenvalue weighted by Gasteiger charge is 2.33. The Morgan fingerprint density at radius 2 is 1.19 bits per heavy atom. The summed E-state index contributed by atoms with van der Waals surface area (Å²) in [4.78, 5) is 28.7. The van der Waals surface area contributed by atoms with Crippen LogP contribution in [0, 0.1) is 56.0 Å². The minimum Gasteiger partial charge on any atom is -0.258 e. The van der Waals surface area contributed by atoms with Crippen LogP contribution in [0.3, 0.4) is 0 Å². The largest absolute Gasteiger partial charge is 0.270 e. The number of non-ortho nitro benzene ring substituents is 2. The monoisotopic (exact) mass is 470 g/mol. The van der Waals surface area contributed by atoms with Gasteiger partial charge in [0.2, 0.25) is 0 Å². The third kappa shape index (κ3) is 2.93. The van der Waals surface area contributed by atoms with E-state index in [-0.39, 0.29) is 40.8 Å². The summed E-state index contributed by atoms with van der Waals surface area (Å²) in [5, 5.41) is 43.2. The lowest BCUT2D eigenvalue weighted by Crippen LogP contribution is -2.25. The molecule has 0 fully saturated rings. The van der Waals surface area contributed by atoms with Gasteiger partial charge in [-0.3, -0.25) is 20.2 Å². The van der Waals surface area contributed by atoms with Crippen LogP contribution in [0.15, 0.2) is 36.4 Å². The highest BCUT2D eigenvalue weighted by Crippen LogP contribution is 2.42. The molecule has 0 aliphatic heterocycles. The summed E-state index contributed by atoms with van der Waals surface area (Å²) in [6, 6.07) is 12.4. The van der Waals surface area contributed by atoms with Crippen molar-refractivity contribution in [2.75, 3.05) is 0 Å². The molecule has 2 aliphatic rings. The van der Waals surface area contributed by atoms with Gasteiger partial charge in [0.25, 0.3) is 22.8 Å². The van der Waals surface area contributed by atoms with E-state index < -0.39 is 9.85 Å². The Morgan fingerprint density at radius 3 is 1.56 bits per heavy atom. The van der Waals surface area contributed by atoms with E-state index >= 15 is 0 Å². The van der Waals surface area contributed by atoms with E-state index in [4.69, 9.17) is 13.1 Å². The van der Waals surface area contributed by atoms with Crippen LogP contribution in [0.5, 0.6) is 0 Å². The van der Waals surface area contributed by atoms with Gasteiger partial charge in [-0.15, -0.1) is 0 Å². The van der Waals surface area contributed by atoms with Gasteiger partial charge in [0, 0.05) is 29.5 Å². The van der Waals surface area contributed by atoms with Gasteiger partial charge < -0.3 is 0 Å². The van der Waals surface area contributed by atoms with E-state index in [1.807, 2.05) is 12.1 Å². The Hall–Kier alpha value is -5.84. The maximum atomic E-state index is 11.5. The second kappa shape index (κ2) is 7.88. The standard InChI is InChI=1S/C26H10N6O4/c1-29-21(11-27)23-19-7-13-3-5-15(31(33)34)9-17(13)24(19)26(22(12-28)30-2)25-18-10-16(32(35)36)6-4-14(18)8-20(23)25/h3-6,9-10H,7-8H2. The maximum absolute atomic E-state index is 11.5. The summed E-state index contributed by atoms with van der Waals surface area (Å²) >= 11 is 0. The zero-order chi connectivity index (χ0) is 25.7. The first kappa shape index (κ1) is 22.0. The first-order valence-electron chi connectivity index (χ1n) is 10.4. The summed E-state index contributed by atoms with van der Waals surface area (Å²) in [7, 11) is 0. The molecule has 3 aromatic rings. The summed E-state index contributed by atoms with van der Waals surface area (Å²) in [6.07, 6.45) is 0.484. The summed E-state index contributed by atoms with van der Waals surface area (Å²) in [5.74, 6) is 0. The quantitative estimate of drug-likeness (QED) is 0.218. The first-order valence-corrected chi connectivity index (χ1v) is 10.4. The van der Waals surface area contributed by atoms with E-state index in [1.165, 1.54) is 24.3 Å². The molecule has 10 nitrogen and oxygen atoms in total. The molecule has 0 amide bonds. The number of hydrogen-bond acceptors (Lipinski definition) is 6. The van der Waals surface area contributed by atoms with Crippen LogP contribution in [0.4, 0.5) is 11.4 Å². The lowest BCUT2D eigenvalue weighted by atomic mass is 9.90. The van der Waals surface area contributed by atoms with Crippen molar-refractivity contribution >= 4 is 22.8 Å². The van der Waals surface area contributed by atoms with E-state index in [0.717, 1.165) is 0 Å². The zero-order valence-electron chi connectivity index (χ0n) is 18.2. The summed E-state index contributed by atoms with van der Waals surface area (Å²) in [6.45, 7) is 15.3. The van der Waals surface area contributed by atoms with Crippen molar-refractivity contribution in [2.24, 2.45) is 0 Å². The van der Waals surface area contributed by atoms with Crippen LogP contribution in [0.2, 0.25) is 0 Å². The van der Waals surface area contributed by atoms with Crippen LogP contribution in [-0.2, 0) is 12.8 Å². The molecule has 0 N–H and O–H groups in total. The topological polar surface area (TPSA) is 143 Å². The number of nitro benzene ring substituents is 2. The normalized spacial score (nSPS) is 11.4. The predicted octanol–water partition coefficient (Wildman–Crippen LogP) is 3.75. The third-order valence-corrected chi connectivity index (χ3v) is 6.50. The van der Waals surface area contributed by atoms with Crippen LogP contribution >= 0.6 is 0 Å². The van der Waals surface area contributed by atoms with Crippen molar-refractivity contribution in [1.29, 1.82) is 10.5 Å². The second-order valence-corrected chi connectivity index (χ2v) is 8.15. The van der Waals surface area contributed by atoms with Gasteiger partial charge >= 0.3 is 0 Å². The minimum atomic E-state index is -0.555. The fourth-order valence-corrected chi connectivity index (χ4v) is 5.11. The zero-order valence-corrected chi connectivity index (χ0v) is 18.2. The van der Waals surface area contributed by atoms with E-state index in [1.54, 1.807) is 12.1 Å². The van der Waals surface area contributed by atoms with E-state index in [9.17, 15) is 30.8 Å². The molecule has 0 spiro atoms. The van der Waals surface area contributed by atoms with Gasteiger partial charge in [0.1, 0.15) is 0 Å². The van der Waals surface area contributed by atoms with Crippen molar-refractivity contribution in [1.82, 2.24) is 0 Å². The fraction of sp³-hybridized carbons (Fsp3) is 0.0769. The van der Waals surface area contributed by atoms with Gasteiger partial charge in [-0.05, 0) is 62.6 Å². The fourth-order valence-electron chi connectivity index (χ4n) is 5.11. The molecule has 2 aliphatic carbocycles. The predicted molar refractivity (Wildman–Crippen MR) is 127 cm³/mol. The molecule has 0 atom stereocenters. The number of nitriles is 2. The smallest absolute Gasteiger partial charge is 0.258 e. The van der Waals surface area contributed by atoms with Crippen LogP contribution in [0.25, 0.3) is 43.3 Å². The lowest BCUT2D eigenvalue weighted by Gasteiger charge is -2.13. The summed E-state index contributed by atoms with van der Waals surface area (Å²) in [5.41, 5.74) is 3.16. The molecule has 3 aromatic carbocycles. The van der Waals surface area contributed by atoms with Gasteiger partial charge in [-0.25, -0.2) is 20.2 Å². The Balaban J connectivity index is 2.11. The maximum Gasteiger partial charge on any atom is 0.270 e. The van der Waals surface area contributed by atoms with Crippen molar-refractivity contribution in [2.45, 2.75) is 12.8 Å². The molecule has 36 heavy (non-hydrogen) atoms. The molecule has 0 radical (unpaired) electrons. The van der Waals surface area contributed by atoms with E-state index in [2.05, 4.69) is 9.69 Å². The average Bonchev–Trinajstić information content (AvgIpc) is 3.43. The van der Waals surface area contributed by atoms with Crippen molar-refractivity contribution in [3.05, 3.63) is 112 Å². The van der Waals surface area contributed by atoms with Gasteiger partial charge in [-0.1, -0.05) is 12.1 Å². The molecule has 0 unspecified atom stereocenters. The van der Waals surface area contributed by atoms with Crippen molar-refractivity contribution < 1.29 is 9.85 Å². The Bertz CT molecular complexity index is 1760. The highest BCUT2D eigenvalue weighted by atomic mass is 16.6. The Kier molecular flexibility index (Phi) is 4.81. The molecule has 0 saturated heterocycles. The number of nitro groups is 2. The molecule has 0 bridgehead atoms. The average molecular weight is 470 g/mol.